The molecule has 8 heteroatoms. The zero-order valence-corrected chi connectivity index (χ0v) is 17.3. The number of Topliss-reactive ketones (excluding diaryl/α,β-unsaturated/α-hetero) is 1. The van der Waals surface area contributed by atoms with Crippen LogP contribution in [0.1, 0.15) is 17.3 Å². The van der Waals surface area contributed by atoms with Gasteiger partial charge >= 0.3 is 0 Å². The minimum absolute atomic E-state index is 0.00151. The largest absolute Gasteiger partial charge is 0.493 e. The molecule has 6 nitrogen and oxygen atoms in total. The van der Waals surface area contributed by atoms with Crippen molar-refractivity contribution in [1.29, 1.82) is 0 Å². The maximum atomic E-state index is 12.5. The molecule has 3 rings (SSSR count). The fourth-order valence-electron chi connectivity index (χ4n) is 2.40. The van der Waals surface area contributed by atoms with E-state index in [4.69, 9.17) is 13.9 Å². The molecule has 2 aromatic carbocycles. The number of methoxy groups -OCH3 is 2. The third-order valence-electron chi connectivity index (χ3n) is 3.81. The standard InChI is InChI=1S/C19H17BrN2O4S/c1-11(17(23)12-4-7-14(20)8-5-12)27-19-22-21-18(26-19)13-6-9-15(24-2)16(10-13)25-3/h4-11H,1-3H3. The van der Waals surface area contributed by atoms with Crippen LogP contribution in [0.3, 0.4) is 0 Å². The molecular weight excluding hydrogens is 432 g/mol. The fourth-order valence-corrected chi connectivity index (χ4v) is 3.42. The molecule has 1 aromatic heterocycles. The lowest BCUT2D eigenvalue weighted by molar-refractivity contribution is 0.0993. The minimum atomic E-state index is -0.357. The van der Waals surface area contributed by atoms with Crippen LogP contribution < -0.4 is 9.47 Å². The number of hydrogen-bond acceptors (Lipinski definition) is 7. The summed E-state index contributed by atoms with van der Waals surface area (Å²) in [6, 6.07) is 12.6. The van der Waals surface area contributed by atoms with Gasteiger partial charge in [-0.1, -0.05) is 39.8 Å². The predicted molar refractivity (Wildman–Crippen MR) is 107 cm³/mol. The van der Waals surface area contributed by atoms with Gasteiger partial charge in [-0.05, 0) is 37.3 Å². The number of nitrogens with zero attached hydrogens (tertiary/aromatic N) is 2. The van der Waals surface area contributed by atoms with Gasteiger partial charge in [-0.25, -0.2) is 0 Å². The molecule has 0 amide bonds. The molecule has 0 saturated heterocycles. The number of ether oxygens (including phenoxy) is 2. The molecule has 0 spiro atoms. The molecule has 0 aliphatic rings. The molecule has 0 fully saturated rings. The second-order valence-electron chi connectivity index (χ2n) is 5.57. The Kier molecular flexibility index (Phi) is 6.18. The maximum absolute atomic E-state index is 12.5. The second-order valence-corrected chi connectivity index (χ2v) is 7.78. The van der Waals surface area contributed by atoms with Gasteiger partial charge in [-0.15, -0.1) is 10.2 Å². The van der Waals surface area contributed by atoms with Crippen molar-refractivity contribution in [3.05, 3.63) is 52.5 Å². The molecule has 0 aliphatic carbocycles. The molecule has 1 unspecified atom stereocenters. The minimum Gasteiger partial charge on any atom is -0.493 e. The van der Waals surface area contributed by atoms with Gasteiger partial charge in [0.1, 0.15) is 0 Å². The summed E-state index contributed by atoms with van der Waals surface area (Å²) in [5.41, 5.74) is 1.34. The van der Waals surface area contributed by atoms with Gasteiger partial charge < -0.3 is 13.9 Å². The smallest absolute Gasteiger partial charge is 0.277 e. The number of carbonyl (C=O) groups excluding carboxylic acids is 1. The molecule has 0 N–H and O–H groups in total. The van der Waals surface area contributed by atoms with Gasteiger partial charge in [-0.3, -0.25) is 4.79 Å². The zero-order chi connectivity index (χ0) is 19.4. The summed E-state index contributed by atoms with van der Waals surface area (Å²) in [6.45, 7) is 1.81. The van der Waals surface area contributed by atoms with Crippen LogP contribution in [-0.4, -0.2) is 35.5 Å². The number of halogens is 1. The normalized spacial score (nSPS) is 11.9. The lowest BCUT2D eigenvalue weighted by Crippen LogP contribution is -2.13. The highest BCUT2D eigenvalue weighted by Crippen LogP contribution is 2.33. The van der Waals surface area contributed by atoms with E-state index in [-0.39, 0.29) is 11.0 Å². The van der Waals surface area contributed by atoms with Crippen LogP contribution in [0.5, 0.6) is 11.5 Å². The van der Waals surface area contributed by atoms with Gasteiger partial charge in [0.25, 0.3) is 5.22 Å². The molecule has 140 valence electrons. The van der Waals surface area contributed by atoms with Gasteiger partial charge in [0.05, 0.1) is 19.5 Å². The van der Waals surface area contributed by atoms with Crippen LogP contribution in [-0.2, 0) is 0 Å². The lowest BCUT2D eigenvalue weighted by Gasteiger charge is -2.08. The van der Waals surface area contributed by atoms with E-state index in [9.17, 15) is 4.79 Å². The first-order valence-electron chi connectivity index (χ1n) is 8.04. The topological polar surface area (TPSA) is 74.5 Å². The Bertz CT molecular complexity index is 943. The van der Waals surface area contributed by atoms with E-state index in [0.717, 1.165) is 4.47 Å². The second kappa shape index (κ2) is 8.58. The first kappa shape index (κ1) is 19.4. The quantitative estimate of drug-likeness (QED) is 0.376. The number of hydrogen-bond donors (Lipinski definition) is 0. The highest BCUT2D eigenvalue weighted by atomic mass is 79.9. The summed E-state index contributed by atoms with van der Waals surface area (Å²) in [4.78, 5) is 12.5. The molecule has 0 saturated carbocycles. The summed E-state index contributed by atoms with van der Waals surface area (Å²) in [5.74, 6) is 1.53. The van der Waals surface area contributed by atoms with E-state index < -0.39 is 0 Å². The maximum Gasteiger partial charge on any atom is 0.277 e. The average Bonchev–Trinajstić information content (AvgIpc) is 3.15. The van der Waals surface area contributed by atoms with Gasteiger partial charge in [-0.2, -0.15) is 0 Å². The van der Waals surface area contributed by atoms with Crippen LogP contribution >= 0.6 is 27.7 Å². The third-order valence-corrected chi connectivity index (χ3v) is 5.28. The summed E-state index contributed by atoms with van der Waals surface area (Å²) < 4.78 is 17.1. The summed E-state index contributed by atoms with van der Waals surface area (Å²) in [7, 11) is 3.13. The molecule has 3 aromatic rings. The number of aromatic nitrogens is 2. The van der Waals surface area contributed by atoms with Crippen molar-refractivity contribution >= 4 is 33.5 Å². The Labute approximate surface area is 169 Å². The Morgan fingerprint density at radius 3 is 2.44 bits per heavy atom. The van der Waals surface area contributed by atoms with Crippen molar-refractivity contribution < 1.29 is 18.7 Å². The summed E-state index contributed by atoms with van der Waals surface area (Å²) >= 11 is 4.59. The highest BCUT2D eigenvalue weighted by molar-refractivity contribution is 9.10. The van der Waals surface area contributed by atoms with Crippen LogP contribution in [0.25, 0.3) is 11.5 Å². The number of benzene rings is 2. The van der Waals surface area contributed by atoms with Crippen molar-refractivity contribution in [2.75, 3.05) is 14.2 Å². The Hall–Kier alpha value is -2.32. The molecule has 0 bridgehead atoms. The van der Waals surface area contributed by atoms with Crippen molar-refractivity contribution in [1.82, 2.24) is 10.2 Å². The number of carbonyl (C=O) groups is 1. The predicted octanol–water partition coefficient (Wildman–Crippen LogP) is 4.88. The molecule has 1 atom stereocenters. The van der Waals surface area contributed by atoms with Gasteiger partial charge in [0, 0.05) is 15.6 Å². The van der Waals surface area contributed by atoms with E-state index in [1.165, 1.54) is 11.8 Å². The van der Waals surface area contributed by atoms with E-state index in [1.807, 2.05) is 19.1 Å². The average molecular weight is 449 g/mol. The van der Waals surface area contributed by atoms with Crippen LogP contribution in [0.2, 0.25) is 0 Å². The molecule has 27 heavy (non-hydrogen) atoms. The Morgan fingerprint density at radius 1 is 1.07 bits per heavy atom. The number of thioether (sulfide) groups is 1. The Morgan fingerprint density at radius 2 is 1.78 bits per heavy atom. The van der Waals surface area contributed by atoms with Crippen LogP contribution in [0.4, 0.5) is 0 Å². The molecule has 0 radical (unpaired) electrons. The number of ketones is 1. The summed E-state index contributed by atoms with van der Waals surface area (Å²) in [6.07, 6.45) is 0. The van der Waals surface area contributed by atoms with Crippen molar-refractivity contribution in [2.45, 2.75) is 17.4 Å². The van der Waals surface area contributed by atoms with Crippen LogP contribution in [0, 0.1) is 0 Å². The third kappa shape index (κ3) is 4.51. The van der Waals surface area contributed by atoms with Crippen molar-refractivity contribution in [2.24, 2.45) is 0 Å². The highest BCUT2D eigenvalue weighted by Gasteiger charge is 2.20. The van der Waals surface area contributed by atoms with E-state index >= 15 is 0 Å². The lowest BCUT2D eigenvalue weighted by atomic mass is 10.1. The van der Waals surface area contributed by atoms with E-state index in [0.29, 0.717) is 33.7 Å². The Balaban J connectivity index is 1.74. The van der Waals surface area contributed by atoms with E-state index in [2.05, 4.69) is 26.1 Å². The fraction of sp³-hybridized carbons (Fsp3) is 0.211. The van der Waals surface area contributed by atoms with Gasteiger partial charge in [0.2, 0.25) is 5.89 Å². The zero-order valence-electron chi connectivity index (χ0n) is 14.9. The monoisotopic (exact) mass is 448 g/mol. The molecular formula is C19H17BrN2O4S. The first-order chi connectivity index (χ1) is 13.0. The van der Waals surface area contributed by atoms with Gasteiger partial charge in [0.15, 0.2) is 17.3 Å². The van der Waals surface area contributed by atoms with Crippen LogP contribution in [0.15, 0.2) is 56.6 Å². The van der Waals surface area contributed by atoms with Crippen molar-refractivity contribution in [3.63, 3.8) is 0 Å². The number of rotatable bonds is 7. The molecule has 0 aliphatic heterocycles. The summed E-state index contributed by atoms with van der Waals surface area (Å²) in [5, 5.41) is 8.07. The van der Waals surface area contributed by atoms with E-state index in [1.54, 1.807) is 44.6 Å². The SMILES string of the molecule is COc1ccc(-c2nnc(SC(C)C(=O)c3ccc(Br)cc3)o2)cc1OC. The van der Waals surface area contributed by atoms with Crippen molar-refractivity contribution in [3.8, 4) is 23.0 Å². The first-order valence-corrected chi connectivity index (χ1v) is 9.71. The molecule has 1 heterocycles.